The number of carbonyl (C=O) groups excluding carboxylic acids is 1. The van der Waals surface area contributed by atoms with E-state index in [0.717, 1.165) is 18.4 Å². The Hall–Kier alpha value is -1.35. The van der Waals surface area contributed by atoms with Crippen molar-refractivity contribution in [3.05, 3.63) is 35.4 Å². The van der Waals surface area contributed by atoms with Crippen LogP contribution in [-0.4, -0.2) is 23.8 Å². The Bertz CT molecular complexity index is 387. The lowest BCUT2D eigenvalue weighted by molar-refractivity contribution is -0.154. The maximum Gasteiger partial charge on any atom is 0.335 e. The van der Waals surface area contributed by atoms with Gasteiger partial charge in [-0.25, -0.2) is 4.79 Å². The maximum atomic E-state index is 11.5. The first-order valence-electron chi connectivity index (χ1n) is 5.66. The third-order valence-corrected chi connectivity index (χ3v) is 3.09. The van der Waals surface area contributed by atoms with E-state index in [9.17, 15) is 9.90 Å². The van der Waals surface area contributed by atoms with Crippen molar-refractivity contribution in [3.63, 3.8) is 0 Å². The number of aliphatic hydroxyl groups excluding tert-OH is 1. The van der Waals surface area contributed by atoms with Crippen molar-refractivity contribution in [2.24, 2.45) is 0 Å². The topological polar surface area (TPSA) is 46.5 Å². The van der Waals surface area contributed by atoms with Gasteiger partial charge in [0.2, 0.25) is 0 Å². The smallest absolute Gasteiger partial charge is 0.335 e. The fraction of sp³-hybridized carbons (Fsp3) is 0.462. The fourth-order valence-corrected chi connectivity index (χ4v) is 2.31. The summed E-state index contributed by atoms with van der Waals surface area (Å²) in [5.74, 6) is -0.612. The van der Waals surface area contributed by atoms with Crippen molar-refractivity contribution in [3.8, 4) is 0 Å². The van der Waals surface area contributed by atoms with E-state index in [1.165, 1.54) is 5.56 Å². The predicted octanol–water partition coefficient (Wildman–Crippen LogP) is 1.64. The summed E-state index contributed by atoms with van der Waals surface area (Å²) in [5, 5.41) is 9.92. The van der Waals surface area contributed by atoms with Gasteiger partial charge in [-0.15, -0.1) is 0 Å². The molecule has 1 aliphatic carbocycles. The molecule has 0 saturated heterocycles. The molecule has 2 rings (SSSR count). The molecule has 3 heteroatoms. The molecule has 0 bridgehead atoms. The molecule has 1 aromatic carbocycles. The Morgan fingerprint density at radius 3 is 3.06 bits per heavy atom. The van der Waals surface area contributed by atoms with Crippen molar-refractivity contribution in [2.45, 2.75) is 31.8 Å². The first-order chi connectivity index (χ1) is 7.74. The van der Waals surface area contributed by atoms with Gasteiger partial charge in [-0.3, -0.25) is 0 Å². The average Bonchev–Trinajstić information content (AvgIpc) is 2.72. The lowest BCUT2D eigenvalue weighted by atomic mass is 9.95. The van der Waals surface area contributed by atoms with E-state index in [1.807, 2.05) is 24.3 Å². The fourth-order valence-electron chi connectivity index (χ4n) is 2.31. The van der Waals surface area contributed by atoms with E-state index in [0.29, 0.717) is 6.61 Å². The Labute approximate surface area is 95.0 Å². The summed E-state index contributed by atoms with van der Waals surface area (Å²) in [6.45, 7) is 2.05. The Morgan fingerprint density at radius 1 is 1.56 bits per heavy atom. The number of rotatable bonds is 3. The molecule has 3 nitrogen and oxygen atoms in total. The summed E-state index contributed by atoms with van der Waals surface area (Å²) < 4.78 is 4.84. The van der Waals surface area contributed by atoms with Gasteiger partial charge in [0.15, 0.2) is 6.10 Å². The number of fused-ring (bicyclic) bond motifs is 1. The molecule has 16 heavy (non-hydrogen) atoms. The molecule has 0 aromatic heterocycles. The van der Waals surface area contributed by atoms with Crippen molar-refractivity contribution >= 4 is 5.97 Å². The highest BCUT2D eigenvalue weighted by Gasteiger charge is 2.33. The highest BCUT2D eigenvalue weighted by atomic mass is 16.5. The quantitative estimate of drug-likeness (QED) is 0.788. The molecular weight excluding hydrogens is 204 g/mol. The van der Waals surface area contributed by atoms with Crippen LogP contribution in [0.1, 0.15) is 30.4 Å². The number of hydrogen-bond donors (Lipinski definition) is 1. The van der Waals surface area contributed by atoms with E-state index in [4.69, 9.17) is 4.74 Å². The SMILES string of the molecule is CCOC(=O)C(O)C1CCc2ccccc21. The largest absolute Gasteiger partial charge is 0.464 e. The number of aryl methyl sites for hydroxylation is 1. The minimum Gasteiger partial charge on any atom is -0.464 e. The van der Waals surface area contributed by atoms with Crippen molar-refractivity contribution in [1.29, 1.82) is 0 Å². The van der Waals surface area contributed by atoms with Gasteiger partial charge in [0.1, 0.15) is 0 Å². The van der Waals surface area contributed by atoms with Crippen LogP contribution < -0.4 is 0 Å². The molecule has 0 radical (unpaired) electrons. The minimum absolute atomic E-state index is 0.102. The Balaban J connectivity index is 2.15. The third-order valence-electron chi connectivity index (χ3n) is 3.09. The number of hydrogen-bond acceptors (Lipinski definition) is 3. The van der Waals surface area contributed by atoms with E-state index in [1.54, 1.807) is 6.92 Å². The third kappa shape index (κ3) is 1.95. The second kappa shape index (κ2) is 4.66. The first kappa shape index (κ1) is 11.1. The van der Waals surface area contributed by atoms with Gasteiger partial charge in [0, 0.05) is 5.92 Å². The zero-order chi connectivity index (χ0) is 11.5. The predicted molar refractivity (Wildman–Crippen MR) is 60.1 cm³/mol. The Kier molecular flexibility index (Phi) is 3.25. The molecule has 1 aliphatic rings. The molecule has 1 N–H and O–H groups in total. The van der Waals surface area contributed by atoms with Crippen LogP contribution in [0.3, 0.4) is 0 Å². The van der Waals surface area contributed by atoms with Crippen LogP contribution in [0.15, 0.2) is 24.3 Å². The molecule has 0 aliphatic heterocycles. The van der Waals surface area contributed by atoms with Gasteiger partial charge in [-0.05, 0) is 30.9 Å². The Morgan fingerprint density at radius 2 is 2.31 bits per heavy atom. The van der Waals surface area contributed by atoms with Gasteiger partial charge < -0.3 is 9.84 Å². The molecule has 0 fully saturated rings. The van der Waals surface area contributed by atoms with Crippen LogP contribution in [-0.2, 0) is 16.0 Å². The summed E-state index contributed by atoms with van der Waals surface area (Å²) in [6, 6.07) is 7.95. The van der Waals surface area contributed by atoms with Gasteiger partial charge in [-0.2, -0.15) is 0 Å². The van der Waals surface area contributed by atoms with E-state index in [-0.39, 0.29) is 5.92 Å². The molecule has 86 valence electrons. The molecular formula is C13H16O3. The summed E-state index contributed by atoms with van der Waals surface area (Å²) in [7, 11) is 0. The molecule has 2 atom stereocenters. The highest BCUT2D eigenvalue weighted by molar-refractivity contribution is 5.76. The second-order valence-corrected chi connectivity index (χ2v) is 4.04. The van der Waals surface area contributed by atoms with Crippen LogP contribution in [0.5, 0.6) is 0 Å². The van der Waals surface area contributed by atoms with Crippen LogP contribution in [0.2, 0.25) is 0 Å². The zero-order valence-electron chi connectivity index (χ0n) is 9.35. The molecule has 0 amide bonds. The van der Waals surface area contributed by atoms with E-state index >= 15 is 0 Å². The van der Waals surface area contributed by atoms with Crippen LogP contribution in [0.4, 0.5) is 0 Å². The standard InChI is InChI=1S/C13H16O3/c1-2-16-13(15)12(14)11-8-7-9-5-3-4-6-10(9)11/h3-6,11-12,14H,2,7-8H2,1H3. The molecule has 0 saturated carbocycles. The minimum atomic E-state index is -1.02. The number of benzene rings is 1. The summed E-state index contributed by atoms with van der Waals surface area (Å²) in [5.41, 5.74) is 2.32. The first-order valence-corrected chi connectivity index (χ1v) is 5.66. The normalized spacial score (nSPS) is 20.2. The zero-order valence-corrected chi connectivity index (χ0v) is 9.35. The van der Waals surface area contributed by atoms with Gasteiger partial charge in [0.05, 0.1) is 6.61 Å². The molecule has 1 aromatic rings. The summed E-state index contributed by atoms with van der Waals surface area (Å²) in [4.78, 5) is 11.5. The summed E-state index contributed by atoms with van der Waals surface area (Å²) >= 11 is 0. The van der Waals surface area contributed by atoms with Crippen molar-refractivity contribution < 1.29 is 14.6 Å². The molecule has 2 unspecified atom stereocenters. The molecule has 0 heterocycles. The lowest BCUT2D eigenvalue weighted by Gasteiger charge is -2.17. The summed E-state index contributed by atoms with van der Waals surface area (Å²) in [6.07, 6.45) is 0.722. The number of carbonyl (C=O) groups is 1. The monoisotopic (exact) mass is 220 g/mol. The van der Waals surface area contributed by atoms with Crippen molar-refractivity contribution in [1.82, 2.24) is 0 Å². The maximum absolute atomic E-state index is 11.5. The molecule has 0 spiro atoms. The van der Waals surface area contributed by atoms with Crippen LogP contribution in [0, 0.1) is 0 Å². The number of ether oxygens (including phenoxy) is 1. The van der Waals surface area contributed by atoms with Gasteiger partial charge in [-0.1, -0.05) is 24.3 Å². The van der Waals surface area contributed by atoms with E-state index in [2.05, 4.69) is 0 Å². The lowest BCUT2D eigenvalue weighted by Crippen LogP contribution is -2.28. The highest BCUT2D eigenvalue weighted by Crippen LogP contribution is 2.35. The van der Waals surface area contributed by atoms with Crippen molar-refractivity contribution in [2.75, 3.05) is 6.61 Å². The van der Waals surface area contributed by atoms with Gasteiger partial charge in [0.25, 0.3) is 0 Å². The van der Waals surface area contributed by atoms with E-state index < -0.39 is 12.1 Å². The number of aliphatic hydroxyl groups is 1. The average molecular weight is 220 g/mol. The van der Waals surface area contributed by atoms with Crippen LogP contribution in [0.25, 0.3) is 0 Å². The second-order valence-electron chi connectivity index (χ2n) is 4.04. The van der Waals surface area contributed by atoms with Crippen LogP contribution >= 0.6 is 0 Å². The van der Waals surface area contributed by atoms with Gasteiger partial charge >= 0.3 is 5.97 Å². The number of esters is 1.